The Bertz CT molecular complexity index is 1260. The summed E-state index contributed by atoms with van der Waals surface area (Å²) in [5.41, 5.74) is 4.13. The Morgan fingerprint density at radius 1 is 1.30 bits per heavy atom. The van der Waals surface area contributed by atoms with Gasteiger partial charge in [0.2, 0.25) is 0 Å². The number of nitrogens with zero attached hydrogens (tertiary/aromatic N) is 5. The summed E-state index contributed by atoms with van der Waals surface area (Å²) in [6, 6.07) is 3.95. The van der Waals surface area contributed by atoms with Gasteiger partial charge in [-0.25, -0.2) is 0 Å². The van der Waals surface area contributed by atoms with Crippen LogP contribution in [0.25, 0.3) is 5.57 Å². The number of piperazine rings is 1. The van der Waals surface area contributed by atoms with Gasteiger partial charge in [0.25, 0.3) is 0 Å². The summed E-state index contributed by atoms with van der Waals surface area (Å²) in [5, 5.41) is 10.3. The monoisotopic (exact) mass is 638 g/mol. The van der Waals surface area contributed by atoms with Crippen LogP contribution in [0.1, 0.15) is 36.8 Å². The quantitative estimate of drug-likeness (QED) is 0.370. The number of fused-ring (bicyclic) bond motifs is 1. The van der Waals surface area contributed by atoms with Gasteiger partial charge in [-0.3, -0.25) is 0 Å². The Morgan fingerprint density at radius 2 is 2.19 bits per heavy atom. The fourth-order valence-corrected chi connectivity index (χ4v) is 10.2. The SMILES string of the molecule is CCc1ncccc(N2CCN3C(=O)COCC3C2)n[nH]c1CI(C)c1nc(C2=CC=C(F)CC2)cs1. The van der Waals surface area contributed by atoms with Crippen LogP contribution in [0.5, 0.6) is 0 Å². The summed E-state index contributed by atoms with van der Waals surface area (Å²) in [7, 11) is 0. The van der Waals surface area contributed by atoms with Gasteiger partial charge in [0.15, 0.2) is 0 Å². The maximum atomic E-state index is 13.4. The standard InChI is InChI=1S/C26H32FIN6O2S/c1-3-21-22(13-28(2)26-30-23(17-37-26)18-6-8-19(27)9-7-18)31-32-24(5-4-10-29-21)33-11-12-34-20(14-33)15-36-16-25(34)35/h4-6,8,10,17,20,31H,3,7,9,11-16H2,1-2H3. The van der Waals surface area contributed by atoms with Gasteiger partial charge in [-0.05, 0) is 0 Å². The molecule has 0 spiro atoms. The average Bonchev–Trinajstić information content (AvgIpc) is 3.43. The molecule has 0 bridgehead atoms. The molecule has 5 rings (SSSR count). The van der Waals surface area contributed by atoms with Crippen molar-refractivity contribution in [3.05, 3.63) is 61.8 Å². The Kier molecular flexibility index (Phi) is 8.50. The van der Waals surface area contributed by atoms with Gasteiger partial charge in [0.1, 0.15) is 0 Å². The third kappa shape index (κ3) is 6.20. The molecule has 0 radical (unpaired) electrons. The van der Waals surface area contributed by atoms with E-state index in [0.29, 0.717) is 32.5 Å². The molecule has 2 aliphatic heterocycles. The first-order chi connectivity index (χ1) is 18.0. The van der Waals surface area contributed by atoms with E-state index in [1.54, 1.807) is 17.4 Å². The van der Waals surface area contributed by atoms with Gasteiger partial charge in [0, 0.05) is 0 Å². The van der Waals surface area contributed by atoms with E-state index in [9.17, 15) is 9.18 Å². The first-order valence-corrected chi connectivity index (χ1v) is 18.1. The Hall–Kier alpha value is -2.38. The summed E-state index contributed by atoms with van der Waals surface area (Å²) in [6.07, 6.45) is 7.20. The maximum absolute atomic E-state index is 13.4. The molecule has 2 fully saturated rings. The van der Waals surface area contributed by atoms with E-state index in [1.807, 2.05) is 29.3 Å². The molecule has 11 heteroatoms. The summed E-state index contributed by atoms with van der Waals surface area (Å²) in [6.45, 7) is 4.94. The van der Waals surface area contributed by atoms with Gasteiger partial charge in [0.05, 0.1) is 0 Å². The van der Waals surface area contributed by atoms with Crippen LogP contribution in [0.15, 0.2) is 41.7 Å². The third-order valence-corrected chi connectivity index (χ3v) is 13.6. The van der Waals surface area contributed by atoms with Gasteiger partial charge >= 0.3 is 229 Å². The van der Waals surface area contributed by atoms with Gasteiger partial charge in [-0.2, -0.15) is 0 Å². The topological polar surface area (TPSA) is 87.2 Å². The average molecular weight is 639 g/mol. The Morgan fingerprint density at radius 3 is 3.00 bits per heavy atom. The van der Waals surface area contributed by atoms with E-state index >= 15 is 0 Å². The molecule has 1 N–H and O–H groups in total. The number of amides is 1. The number of carbonyl (C=O) groups is 1. The van der Waals surface area contributed by atoms with Crippen LogP contribution in [-0.2, 0) is 20.4 Å². The van der Waals surface area contributed by atoms with E-state index in [1.165, 1.54) is 3.01 Å². The van der Waals surface area contributed by atoms with Crippen molar-refractivity contribution < 1.29 is 13.9 Å². The van der Waals surface area contributed by atoms with E-state index in [0.717, 1.165) is 45.9 Å². The Balaban J connectivity index is 1.36. The van der Waals surface area contributed by atoms with Crippen molar-refractivity contribution in [2.45, 2.75) is 36.7 Å². The van der Waals surface area contributed by atoms with Crippen molar-refractivity contribution in [3.8, 4) is 0 Å². The number of rotatable bonds is 6. The summed E-state index contributed by atoms with van der Waals surface area (Å²) in [5.74, 6) is 0.835. The number of alkyl halides is 2. The molecule has 3 aliphatic rings. The van der Waals surface area contributed by atoms with Gasteiger partial charge < -0.3 is 0 Å². The number of thiazole rings is 1. The first kappa shape index (κ1) is 26.2. The number of nitrogens with one attached hydrogen (secondary N) is 1. The van der Waals surface area contributed by atoms with E-state index in [4.69, 9.17) is 19.8 Å². The fraction of sp³-hybridized carbons (Fsp3) is 0.462. The second kappa shape index (κ2) is 12.0. The fourth-order valence-electron chi connectivity index (χ4n) is 4.68. The number of hydrogen-bond acceptors (Lipinski definition) is 7. The molecular weight excluding hydrogens is 606 g/mol. The van der Waals surface area contributed by atoms with E-state index in [2.05, 4.69) is 27.2 Å². The minimum atomic E-state index is -1.63. The van der Waals surface area contributed by atoms with E-state index in [-0.39, 0.29) is 24.4 Å². The molecule has 2 aromatic heterocycles. The van der Waals surface area contributed by atoms with Crippen LogP contribution in [0, 0.1) is 3.01 Å². The Labute approximate surface area is 227 Å². The number of aromatic nitrogens is 4. The molecule has 37 heavy (non-hydrogen) atoms. The molecule has 198 valence electrons. The van der Waals surface area contributed by atoms with Gasteiger partial charge in [-0.15, -0.1) is 0 Å². The number of halogens is 2. The molecule has 1 amide bonds. The molecule has 1 aliphatic carbocycles. The van der Waals surface area contributed by atoms with Crippen molar-refractivity contribution in [1.82, 2.24) is 25.1 Å². The van der Waals surface area contributed by atoms with Gasteiger partial charge in [-0.1, -0.05) is 0 Å². The zero-order chi connectivity index (χ0) is 25.8. The first-order valence-electron chi connectivity index (χ1n) is 12.5. The van der Waals surface area contributed by atoms with E-state index < -0.39 is 19.8 Å². The molecule has 2 saturated heterocycles. The summed E-state index contributed by atoms with van der Waals surface area (Å²) in [4.78, 5) is 28.3. The minimum absolute atomic E-state index is 0.0485. The second-order valence-corrected chi connectivity index (χ2v) is 16.0. The van der Waals surface area contributed by atoms with Crippen molar-refractivity contribution >= 4 is 48.5 Å². The van der Waals surface area contributed by atoms with Crippen LogP contribution in [-0.4, -0.2) is 74.8 Å². The number of hydrogen-bond donors (Lipinski definition) is 1. The number of aromatic amines is 1. The second-order valence-electron chi connectivity index (χ2n) is 9.21. The number of allylic oxidation sites excluding steroid dienone is 4. The predicted molar refractivity (Wildman–Crippen MR) is 153 cm³/mol. The van der Waals surface area contributed by atoms with Crippen molar-refractivity contribution in [3.63, 3.8) is 0 Å². The summed E-state index contributed by atoms with van der Waals surface area (Å²) < 4.78 is 21.0. The number of morpholine rings is 1. The molecular formula is C26H32FIN6O2S. The molecule has 0 saturated carbocycles. The predicted octanol–water partition coefficient (Wildman–Crippen LogP) is 4.53. The number of anilines is 1. The normalized spacial score (nSPS) is 20.1. The third-order valence-electron chi connectivity index (χ3n) is 6.73. The number of H-pyrrole nitrogens is 1. The molecule has 1 atom stereocenters. The van der Waals surface area contributed by atoms with Crippen LogP contribution < -0.4 is 4.90 Å². The molecule has 1 unspecified atom stereocenters. The van der Waals surface area contributed by atoms with Crippen LogP contribution in [0.4, 0.5) is 10.2 Å². The summed E-state index contributed by atoms with van der Waals surface area (Å²) >= 11 is 0.0760. The number of carbonyl (C=O) groups excluding carboxylic acids is 1. The molecule has 8 nitrogen and oxygen atoms in total. The number of ether oxygens (including phenoxy) is 1. The molecule has 4 heterocycles. The van der Waals surface area contributed by atoms with Crippen LogP contribution in [0.2, 0.25) is 0 Å². The molecule has 0 aromatic carbocycles. The zero-order valence-corrected chi connectivity index (χ0v) is 24.1. The molecule has 2 aromatic rings. The van der Waals surface area contributed by atoms with Crippen molar-refractivity contribution in [2.24, 2.45) is 0 Å². The number of aryl methyl sites for hydroxylation is 1. The zero-order valence-electron chi connectivity index (χ0n) is 21.1. The van der Waals surface area contributed by atoms with Crippen LogP contribution >= 0.6 is 31.2 Å². The van der Waals surface area contributed by atoms with Crippen LogP contribution in [0.3, 0.4) is 0 Å². The van der Waals surface area contributed by atoms with Crippen molar-refractivity contribution in [1.29, 1.82) is 0 Å². The van der Waals surface area contributed by atoms with Crippen molar-refractivity contribution in [2.75, 3.05) is 42.7 Å².